The summed E-state index contributed by atoms with van der Waals surface area (Å²) in [5, 5.41) is 4.23. The van der Waals surface area contributed by atoms with Crippen molar-refractivity contribution in [3.8, 4) is 0 Å². The molecule has 0 atom stereocenters. The summed E-state index contributed by atoms with van der Waals surface area (Å²) in [7, 11) is 0. The lowest BCUT2D eigenvalue weighted by atomic mass is 9.79. The first-order valence-electron chi connectivity index (χ1n) is 9.36. The minimum atomic E-state index is -0.367. The number of nitrogens with zero attached hydrogens (tertiary/aromatic N) is 1. The quantitative estimate of drug-likeness (QED) is 0.928. The van der Waals surface area contributed by atoms with Crippen LogP contribution in [0.1, 0.15) is 37.9 Å². The first-order chi connectivity index (χ1) is 12.3. The van der Waals surface area contributed by atoms with Crippen LogP contribution in [0.2, 0.25) is 0 Å². The molecule has 1 N–H and O–H groups in total. The molecule has 2 heterocycles. The van der Waals surface area contributed by atoms with E-state index in [2.05, 4.69) is 10.2 Å². The Bertz CT molecular complexity index is 694. The minimum absolute atomic E-state index is 0.148. The molecule has 0 bridgehead atoms. The number of ether oxygens (including phenoxy) is 1. The summed E-state index contributed by atoms with van der Waals surface area (Å²) in [6, 6.07) is 9.95. The number of amides is 1. The third-order valence-electron chi connectivity index (χ3n) is 5.62. The Hall–Kier alpha value is -1.85. The second kappa shape index (κ2) is 7.18. The van der Waals surface area contributed by atoms with Crippen molar-refractivity contribution < 1.29 is 13.9 Å². The number of fused-ring (bicyclic) bond motifs is 1. The van der Waals surface area contributed by atoms with E-state index in [0.717, 1.165) is 68.7 Å². The normalized spacial score (nSPS) is 21.3. The van der Waals surface area contributed by atoms with Crippen LogP contribution in [0.25, 0.3) is 11.0 Å². The topological polar surface area (TPSA) is 54.7 Å². The van der Waals surface area contributed by atoms with Crippen LogP contribution >= 0.6 is 0 Å². The fourth-order valence-corrected chi connectivity index (χ4v) is 4.27. The average Bonchev–Trinajstić information content (AvgIpc) is 3.10. The van der Waals surface area contributed by atoms with Gasteiger partial charge in [0.05, 0.1) is 19.8 Å². The van der Waals surface area contributed by atoms with Crippen molar-refractivity contribution in [2.75, 3.05) is 26.3 Å². The number of hydrogen-bond acceptors (Lipinski definition) is 4. The lowest BCUT2D eigenvalue weighted by molar-refractivity contribution is -0.140. The largest absolute Gasteiger partial charge is 0.459 e. The number of carbonyl (C=O) groups excluding carboxylic acids is 1. The highest BCUT2D eigenvalue weighted by Crippen LogP contribution is 2.34. The maximum atomic E-state index is 13.2. The maximum Gasteiger partial charge on any atom is 0.240 e. The zero-order chi connectivity index (χ0) is 17.1. The summed E-state index contributed by atoms with van der Waals surface area (Å²) in [4.78, 5) is 15.5. The molecular formula is C20H26N2O3. The van der Waals surface area contributed by atoms with Crippen LogP contribution < -0.4 is 5.32 Å². The van der Waals surface area contributed by atoms with Gasteiger partial charge >= 0.3 is 0 Å². The number of furan rings is 1. The third-order valence-corrected chi connectivity index (χ3v) is 5.62. The Morgan fingerprint density at radius 1 is 1.12 bits per heavy atom. The van der Waals surface area contributed by atoms with Gasteiger partial charge in [0, 0.05) is 18.5 Å². The standard InChI is InChI=1S/C20H26N2O3/c23-19(21-15-17-14-16-6-2-3-7-18(16)25-17)20(8-4-1-5-9-20)22-10-12-24-13-11-22/h2-3,6-7,14H,1,4-5,8-13,15H2,(H,21,23). The van der Waals surface area contributed by atoms with E-state index < -0.39 is 0 Å². The van der Waals surface area contributed by atoms with Crippen molar-refractivity contribution in [3.63, 3.8) is 0 Å². The molecule has 1 aliphatic heterocycles. The molecule has 25 heavy (non-hydrogen) atoms. The molecule has 2 aromatic rings. The van der Waals surface area contributed by atoms with E-state index in [1.54, 1.807) is 0 Å². The van der Waals surface area contributed by atoms with E-state index in [9.17, 15) is 4.79 Å². The molecule has 2 fully saturated rings. The molecule has 1 amide bonds. The predicted octanol–water partition coefficient (Wildman–Crippen LogP) is 3.08. The fourth-order valence-electron chi connectivity index (χ4n) is 4.27. The Balaban J connectivity index is 1.48. The Morgan fingerprint density at radius 2 is 1.88 bits per heavy atom. The van der Waals surface area contributed by atoms with Gasteiger partial charge in [-0.05, 0) is 25.0 Å². The van der Waals surface area contributed by atoms with Crippen molar-refractivity contribution in [1.82, 2.24) is 10.2 Å². The maximum absolute atomic E-state index is 13.2. The minimum Gasteiger partial charge on any atom is -0.459 e. The van der Waals surface area contributed by atoms with Crippen molar-refractivity contribution >= 4 is 16.9 Å². The first-order valence-corrected chi connectivity index (χ1v) is 9.36. The molecule has 1 aliphatic carbocycles. The van der Waals surface area contributed by atoms with E-state index in [0.29, 0.717) is 6.54 Å². The molecule has 5 nitrogen and oxygen atoms in total. The van der Waals surface area contributed by atoms with Crippen LogP contribution in [-0.4, -0.2) is 42.6 Å². The zero-order valence-electron chi connectivity index (χ0n) is 14.6. The number of morpholine rings is 1. The Labute approximate surface area is 148 Å². The van der Waals surface area contributed by atoms with Gasteiger partial charge in [0.15, 0.2) is 0 Å². The van der Waals surface area contributed by atoms with Crippen LogP contribution in [0.15, 0.2) is 34.7 Å². The zero-order valence-corrected chi connectivity index (χ0v) is 14.6. The smallest absolute Gasteiger partial charge is 0.240 e. The van der Waals surface area contributed by atoms with Crippen molar-refractivity contribution in [1.29, 1.82) is 0 Å². The summed E-state index contributed by atoms with van der Waals surface area (Å²) >= 11 is 0. The van der Waals surface area contributed by atoms with Crippen LogP contribution in [0, 0.1) is 0 Å². The molecule has 5 heteroatoms. The van der Waals surface area contributed by atoms with Crippen LogP contribution in [0.5, 0.6) is 0 Å². The summed E-state index contributed by atoms with van der Waals surface area (Å²) < 4.78 is 11.3. The highest BCUT2D eigenvalue weighted by molar-refractivity contribution is 5.86. The number of nitrogens with one attached hydrogen (secondary N) is 1. The van der Waals surface area contributed by atoms with E-state index >= 15 is 0 Å². The number of hydrogen-bond donors (Lipinski definition) is 1. The summed E-state index contributed by atoms with van der Waals surface area (Å²) in [5.74, 6) is 0.956. The molecule has 1 aromatic heterocycles. The van der Waals surface area contributed by atoms with Crippen LogP contribution in [-0.2, 0) is 16.1 Å². The Morgan fingerprint density at radius 3 is 2.64 bits per heavy atom. The van der Waals surface area contributed by atoms with Gasteiger partial charge in [-0.2, -0.15) is 0 Å². The first kappa shape index (κ1) is 16.6. The van der Waals surface area contributed by atoms with Crippen LogP contribution in [0.3, 0.4) is 0 Å². The van der Waals surface area contributed by atoms with Gasteiger partial charge in [-0.25, -0.2) is 0 Å². The molecule has 2 aliphatic rings. The van der Waals surface area contributed by atoms with Gasteiger partial charge in [0.1, 0.15) is 16.9 Å². The highest BCUT2D eigenvalue weighted by Gasteiger charge is 2.44. The molecule has 4 rings (SSSR count). The molecule has 1 saturated carbocycles. The molecule has 1 saturated heterocycles. The second-order valence-corrected chi connectivity index (χ2v) is 7.12. The summed E-state index contributed by atoms with van der Waals surface area (Å²) in [6.07, 6.45) is 5.35. The average molecular weight is 342 g/mol. The number of carbonyl (C=O) groups is 1. The molecule has 0 spiro atoms. The Kier molecular flexibility index (Phi) is 4.77. The van der Waals surface area contributed by atoms with Crippen LogP contribution in [0.4, 0.5) is 0 Å². The predicted molar refractivity (Wildman–Crippen MR) is 96.3 cm³/mol. The summed E-state index contributed by atoms with van der Waals surface area (Å²) in [5.41, 5.74) is 0.501. The highest BCUT2D eigenvalue weighted by atomic mass is 16.5. The number of benzene rings is 1. The number of para-hydroxylation sites is 1. The molecule has 0 unspecified atom stereocenters. The van der Waals surface area contributed by atoms with Gasteiger partial charge in [-0.15, -0.1) is 0 Å². The monoisotopic (exact) mass is 342 g/mol. The SMILES string of the molecule is O=C(NCc1cc2ccccc2o1)C1(N2CCOCC2)CCCCC1. The van der Waals surface area contributed by atoms with Gasteiger partial charge in [-0.3, -0.25) is 9.69 Å². The molecule has 1 aromatic carbocycles. The van der Waals surface area contributed by atoms with E-state index in [1.165, 1.54) is 6.42 Å². The van der Waals surface area contributed by atoms with E-state index in [1.807, 2.05) is 30.3 Å². The third kappa shape index (κ3) is 3.31. The van der Waals surface area contributed by atoms with Gasteiger partial charge < -0.3 is 14.5 Å². The molecular weight excluding hydrogens is 316 g/mol. The van der Waals surface area contributed by atoms with Crippen molar-refractivity contribution in [2.24, 2.45) is 0 Å². The van der Waals surface area contributed by atoms with Gasteiger partial charge in [-0.1, -0.05) is 37.5 Å². The van der Waals surface area contributed by atoms with E-state index in [-0.39, 0.29) is 11.4 Å². The molecule has 0 radical (unpaired) electrons. The van der Waals surface area contributed by atoms with Crippen molar-refractivity contribution in [2.45, 2.75) is 44.2 Å². The lowest BCUT2D eigenvalue weighted by Crippen LogP contribution is -2.62. The number of rotatable bonds is 4. The molecule has 134 valence electrons. The van der Waals surface area contributed by atoms with E-state index in [4.69, 9.17) is 9.15 Å². The summed E-state index contributed by atoms with van der Waals surface area (Å²) in [6.45, 7) is 3.58. The second-order valence-electron chi connectivity index (χ2n) is 7.12. The fraction of sp³-hybridized carbons (Fsp3) is 0.550. The lowest BCUT2D eigenvalue weighted by Gasteiger charge is -2.46. The van der Waals surface area contributed by atoms with Crippen molar-refractivity contribution in [3.05, 3.63) is 36.1 Å². The van der Waals surface area contributed by atoms with Gasteiger partial charge in [0.2, 0.25) is 5.91 Å². The van der Waals surface area contributed by atoms with Gasteiger partial charge in [0.25, 0.3) is 0 Å².